The van der Waals surface area contributed by atoms with E-state index in [1.165, 1.54) is 38.5 Å². The van der Waals surface area contributed by atoms with Crippen molar-refractivity contribution in [3.8, 4) is 0 Å². The molecule has 0 bridgehead atoms. The predicted molar refractivity (Wildman–Crippen MR) is 93.6 cm³/mol. The van der Waals surface area contributed by atoms with Gasteiger partial charge in [0.15, 0.2) is 5.13 Å². The number of rotatable bonds is 6. The van der Waals surface area contributed by atoms with Crippen LogP contribution in [0.2, 0.25) is 0 Å². The van der Waals surface area contributed by atoms with Gasteiger partial charge in [-0.1, -0.05) is 12.8 Å². The molecule has 0 aromatic carbocycles. The van der Waals surface area contributed by atoms with E-state index in [0.717, 1.165) is 42.0 Å². The van der Waals surface area contributed by atoms with E-state index >= 15 is 0 Å². The van der Waals surface area contributed by atoms with Gasteiger partial charge in [0, 0.05) is 30.9 Å². The molecular weight excluding hydrogens is 306 g/mol. The van der Waals surface area contributed by atoms with Crippen molar-refractivity contribution < 1.29 is 4.79 Å². The molecule has 1 N–H and O–H groups in total. The van der Waals surface area contributed by atoms with Gasteiger partial charge in [-0.2, -0.15) is 0 Å². The maximum Gasteiger partial charge on any atom is 0.225 e. The number of nitrogens with zero attached hydrogens (tertiary/aromatic N) is 2. The zero-order valence-corrected chi connectivity index (χ0v) is 14.8. The molecule has 3 fully saturated rings. The first-order valence-electron chi connectivity index (χ1n) is 9.18. The summed E-state index contributed by atoms with van der Waals surface area (Å²) in [5.41, 5.74) is 1.09. The number of carbonyl (C=O) groups is 1. The molecule has 4 rings (SSSR count). The van der Waals surface area contributed by atoms with Gasteiger partial charge < -0.3 is 5.32 Å². The van der Waals surface area contributed by atoms with Gasteiger partial charge in [-0.05, 0) is 50.4 Å². The van der Waals surface area contributed by atoms with Crippen LogP contribution in [0.1, 0.15) is 64.0 Å². The van der Waals surface area contributed by atoms with Crippen molar-refractivity contribution in [2.75, 3.05) is 4.90 Å². The first kappa shape index (κ1) is 15.6. The minimum absolute atomic E-state index is 0.126. The molecule has 1 aromatic heterocycles. The van der Waals surface area contributed by atoms with Crippen molar-refractivity contribution in [1.29, 1.82) is 0 Å². The molecule has 2 atom stereocenters. The number of amides is 1. The van der Waals surface area contributed by atoms with Crippen molar-refractivity contribution >= 4 is 22.4 Å². The number of anilines is 1. The van der Waals surface area contributed by atoms with E-state index in [9.17, 15) is 4.79 Å². The lowest BCUT2D eigenvalue weighted by Crippen LogP contribution is -2.34. The summed E-state index contributed by atoms with van der Waals surface area (Å²) in [6.45, 7) is 2.49. The normalized spacial score (nSPS) is 27.9. The molecule has 5 heteroatoms. The molecule has 1 amide bonds. The van der Waals surface area contributed by atoms with Crippen LogP contribution in [0, 0.1) is 11.8 Å². The quantitative estimate of drug-likeness (QED) is 0.863. The monoisotopic (exact) mass is 333 g/mol. The van der Waals surface area contributed by atoms with Crippen molar-refractivity contribution in [3.05, 3.63) is 11.1 Å². The predicted octanol–water partition coefficient (Wildman–Crippen LogP) is 3.72. The van der Waals surface area contributed by atoms with Gasteiger partial charge in [0.25, 0.3) is 0 Å². The Morgan fingerprint density at radius 2 is 2.09 bits per heavy atom. The average Bonchev–Trinajstić information content (AvgIpc) is 3.44. The Kier molecular flexibility index (Phi) is 4.41. The maximum atomic E-state index is 11.8. The number of thiazole rings is 1. The Bertz CT molecular complexity index is 564. The van der Waals surface area contributed by atoms with E-state index in [-0.39, 0.29) is 5.91 Å². The van der Waals surface area contributed by atoms with Gasteiger partial charge in [0.1, 0.15) is 0 Å². The molecule has 0 aliphatic heterocycles. The number of aromatic nitrogens is 1. The highest BCUT2D eigenvalue weighted by Gasteiger charge is 2.35. The van der Waals surface area contributed by atoms with Crippen LogP contribution in [-0.4, -0.2) is 23.0 Å². The van der Waals surface area contributed by atoms with Crippen LogP contribution >= 0.6 is 11.3 Å². The topological polar surface area (TPSA) is 45.2 Å². The van der Waals surface area contributed by atoms with Crippen molar-refractivity contribution in [2.24, 2.45) is 11.8 Å². The Labute approximate surface area is 142 Å². The van der Waals surface area contributed by atoms with Crippen LogP contribution < -0.4 is 10.2 Å². The van der Waals surface area contributed by atoms with Gasteiger partial charge in [-0.3, -0.25) is 9.69 Å². The van der Waals surface area contributed by atoms with E-state index in [0.29, 0.717) is 12.1 Å². The van der Waals surface area contributed by atoms with E-state index in [1.807, 2.05) is 4.90 Å². The first-order chi connectivity index (χ1) is 11.2. The second-order valence-corrected chi connectivity index (χ2v) is 8.42. The molecule has 1 heterocycles. The Balaban J connectivity index is 1.31. The SMILES string of the molecule is CC(=O)N(c1nc(CN[C@H]2CCC[C@H](C3CC3)C2)cs1)C1CC1. The lowest BCUT2D eigenvalue weighted by atomic mass is 9.83. The van der Waals surface area contributed by atoms with Crippen molar-refractivity contribution in [1.82, 2.24) is 10.3 Å². The maximum absolute atomic E-state index is 11.8. The van der Waals surface area contributed by atoms with E-state index < -0.39 is 0 Å². The van der Waals surface area contributed by atoms with Gasteiger partial charge in [0.05, 0.1) is 5.69 Å². The fourth-order valence-corrected chi connectivity index (χ4v) is 4.97. The molecule has 3 aliphatic rings. The largest absolute Gasteiger partial charge is 0.308 e. The molecule has 23 heavy (non-hydrogen) atoms. The molecule has 126 valence electrons. The summed E-state index contributed by atoms with van der Waals surface area (Å²) in [7, 11) is 0. The number of hydrogen-bond donors (Lipinski definition) is 1. The molecule has 4 nitrogen and oxygen atoms in total. The summed E-state index contributed by atoms with van der Waals surface area (Å²) in [5.74, 6) is 2.13. The average molecular weight is 334 g/mol. The van der Waals surface area contributed by atoms with Crippen LogP contribution in [0.4, 0.5) is 5.13 Å². The second-order valence-electron chi connectivity index (χ2n) is 7.58. The molecule has 3 saturated carbocycles. The third-order valence-corrected chi connectivity index (χ3v) is 6.46. The standard InChI is InChI=1S/C18H27N3OS/c1-12(22)21(17-7-8-17)18-20-16(11-23-18)10-19-15-4-2-3-14(9-15)13-5-6-13/h11,13-15,17,19H,2-10H2,1H3/t14-,15-/m0/s1. The van der Waals surface area contributed by atoms with E-state index in [4.69, 9.17) is 4.98 Å². The summed E-state index contributed by atoms with van der Waals surface area (Å²) in [6.07, 6.45) is 10.7. The molecule has 1 aromatic rings. The molecule has 0 saturated heterocycles. The number of nitrogens with one attached hydrogen (secondary N) is 1. The lowest BCUT2D eigenvalue weighted by Gasteiger charge is -2.29. The van der Waals surface area contributed by atoms with Crippen LogP contribution in [-0.2, 0) is 11.3 Å². The van der Waals surface area contributed by atoms with Crippen molar-refractivity contribution in [3.63, 3.8) is 0 Å². The Morgan fingerprint density at radius 3 is 2.78 bits per heavy atom. The summed E-state index contributed by atoms with van der Waals surface area (Å²) < 4.78 is 0. The molecule has 0 radical (unpaired) electrons. The highest BCUT2D eigenvalue weighted by molar-refractivity contribution is 7.14. The second kappa shape index (κ2) is 6.52. The highest BCUT2D eigenvalue weighted by Crippen LogP contribution is 2.44. The summed E-state index contributed by atoms with van der Waals surface area (Å²) in [5, 5.41) is 6.72. The number of carbonyl (C=O) groups excluding carboxylic acids is 1. The van der Waals surface area contributed by atoms with Gasteiger partial charge in [-0.25, -0.2) is 4.98 Å². The smallest absolute Gasteiger partial charge is 0.225 e. The number of hydrogen-bond acceptors (Lipinski definition) is 4. The van der Waals surface area contributed by atoms with E-state index in [2.05, 4.69) is 10.7 Å². The zero-order chi connectivity index (χ0) is 15.8. The van der Waals surface area contributed by atoms with Gasteiger partial charge in [0.2, 0.25) is 5.91 Å². The third kappa shape index (κ3) is 3.77. The van der Waals surface area contributed by atoms with Gasteiger partial charge >= 0.3 is 0 Å². The fourth-order valence-electron chi connectivity index (χ4n) is 4.03. The van der Waals surface area contributed by atoms with Crippen molar-refractivity contribution in [2.45, 2.75) is 76.9 Å². The molecule has 0 spiro atoms. The van der Waals surface area contributed by atoms with Gasteiger partial charge in [-0.15, -0.1) is 11.3 Å². The summed E-state index contributed by atoms with van der Waals surface area (Å²) in [4.78, 5) is 18.4. The first-order valence-corrected chi connectivity index (χ1v) is 10.1. The van der Waals surface area contributed by atoms with Crippen LogP contribution in [0.5, 0.6) is 0 Å². The molecule has 0 unspecified atom stereocenters. The molecular formula is C18H27N3OS. The van der Waals surface area contributed by atoms with E-state index in [1.54, 1.807) is 18.3 Å². The Morgan fingerprint density at radius 1 is 1.26 bits per heavy atom. The summed E-state index contributed by atoms with van der Waals surface area (Å²) >= 11 is 1.61. The van der Waals surface area contributed by atoms with Crippen LogP contribution in [0.15, 0.2) is 5.38 Å². The fraction of sp³-hybridized carbons (Fsp3) is 0.778. The minimum Gasteiger partial charge on any atom is -0.308 e. The zero-order valence-electron chi connectivity index (χ0n) is 14.0. The third-order valence-electron chi connectivity index (χ3n) is 5.57. The summed E-state index contributed by atoms with van der Waals surface area (Å²) in [6, 6.07) is 1.06. The lowest BCUT2D eigenvalue weighted by molar-refractivity contribution is -0.116. The van der Waals surface area contributed by atoms with Crippen LogP contribution in [0.25, 0.3) is 0 Å². The van der Waals surface area contributed by atoms with Crippen LogP contribution in [0.3, 0.4) is 0 Å². The highest BCUT2D eigenvalue weighted by atomic mass is 32.1. The Hall–Kier alpha value is -0.940. The molecule has 3 aliphatic carbocycles. The minimum atomic E-state index is 0.126.